The summed E-state index contributed by atoms with van der Waals surface area (Å²) in [6.07, 6.45) is 2.40. The third-order valence-corrected chi connectivity index (χ3v) is 5.33. The van der Waals surface area contributed by atoms with Gasteiger partial charge in [0.15, 0.2) is 0 Å². The molecule has 4 rings (SSSR count). The number of amides is 1. The molecular weight excluding hydrogens is 352 g/mol. The van der Waals surface area contributed by atoms with Crippen molar-refractivity contribution < 1.29 is 9.53 Å². The molecule has 0 unspecified atom stereocenters. The molecule has 144 valence electrons. The highest BCUT2D eigenvalue weighted by Crippen LogP contribution is 2.47. The first-order chi connectivity index (χ1) is 13.6. The van der Waals surface area contributed by atoms with Crippen molar-refractivity contribution in [2.24, 2.45) is 0 Å². The van der Waals surface area contributed by atoms with Gasteiger partial charge >= 0.3 is 0 Å². The molecule has 1 amide bonds. The minimum Gasteiger partial charge on any atom is -0.497 e. The number of carbonyl (C=O) groups excluding carboxylic acids is 1. The number of rotatable bonds is 6. The average Bonchev–Trinajstić information content (AvgIpc) is 3.09. The number of nitrogens with two attached hydrogens (primary N) is 1. The first-order valence-corrected chi connectivity index (χ1v) is 9.44. The zero-order chi connectivity index (χ0) is 19.5. The molecule has 0 radical (unpaired) electrons. The van der Waals surface area contributed by atoms with E-state index in [1.165, 1.54) is 5.56 Å². The molecule has 3 aromatic rings. The zero-order valence-corrected chi connectivity index (χ0v) is 15.8. The van der Waals surface area contributed by atoms with Gasteiger partial charge in [-0.25, -0.2) is 0 Å². The van der Waals surface area contributed by atoms with Crippen LogP contribution in [0.15, 0.2) is 54.6 Å². The topological polar surface area (TPSA) is 93.0 Å². The van der Waals surface area contributed by atoms with Crippen molar-refractivity contribution >= 4 is 17.4 Å². The molecule has 0 bridgehead atoms. The number of aromatic nitrogens is 2. The number of H-pyrrole nitrogens is 1. The van der Waals surface area contributed by atoms with Gasteiger partial charge in [-0.3, -0.25) is 9.89 Å². The Hall–Kier alpha value is -3.28. The summed E-state index contributed by atoms with van der Waals surface area (Å²) in [7, 11) is 1.62. The largest absolute Gasteiger partial charge is 0.497 e. The van der Waals surface area contributed by atoms with E-state index in [1.54, 1.807) is 7.11 Å². The Morgan fingerprint density at radius 2 is 1.96 bits per heavy atom. The predicted molar refractivity (Wildman–Crippen MR) is 109 cm³/mol. The van der Waals surface area contributed by atoms with Gasteiger partial charge in [-0.15, -0.1) is 0 Å². The second-order valence-corrected chi connectivity index (χ2v) is 7.31. The zero-order valence-electron chi connectivity index (χ0n) is 15.8. The Morgan fingerprint density at radius 1 is 1.18 bits per heavy atom. The van der Waals surface area contributed by atoms with Crippen LogP contribution in [0.3, 0.4) is 0 Å². The predicted octanol–water partition coefficient (Wildman–Crippen LogP) is 3.84. The summed E-state index contributed by atoms with van der Waals surface area (Å²) in [5.41, 5.74) is 9.91. The van der Waals surface area contributed by atoms with Crippen LogP contribution in [0.2, 0.25) is 0 Å². The molecule has 0 atom stereocenters. The smallest absolute Gasteiger partial charge is 0.229 e. The fourth-order valence-corrected chi connectivity index (χ4v) is 3.68. The fourth-order valence-electron chi connectivity index (χ4n) is 3.68. The number of hydrogen-bond acceptors (Lipinski definition) is 4. The van der Waals surface area contributed by atoms with Gasteiger partial charge < -0.3 is 15.8 Å². The monoisotopic (exact) mass is 376 g/mol. The second-order valence-electron chi connectivity index (χ2n) is 7.31. The maximum absolute atomic E-state index is 12.3. The van der Waals surface area contributed by atoms with E-state index in [-0.39, 0.29) is 5.91 Å². The number of anilines is 2. The third-order valence-electron chi connectivity index (χ3n) is 5.33. The van der Waals surface area contributed by atoms with Crippen LogP contribution in [0, 0.1) is 0 Å². The highest BCUT2D eigenvalue weighted by Gasteiger charge is 2.33. The molecule has 1 aromatic heterocycles. The van der Waals surface area contributed by atoms with Gasteiger partial charge in [-0.05, 0) is 54.2 Å². The van der Waals surface area contributed by atoms with Crippen LogP contribution in [0.5, 0.6) is 5.75 Å². The lowest BCUT2D eigenvalue weighted by molar-refractivity contribution is -0.115. The molecule has 0 aliphatic heterocycles. The van der Waals surface area contributed by atoms with Crippen LogP contribution >= 0.6 is 0 Å². The summed E-state index contributed by atoms with van der Waals surface area (Å²) >= 11 is 0. The molecule has 1 aliphatic carbocycles. The van der Waals surface area contributed by atoms with Crippen LogP contribution in [-0.2, 0) is 11.2 Å². The van der Waals surface area contributed by atoms with Crippen molar-refractivity contribution in [3.05, 3.63) is 71.4 Å². The lowest BCUT2D eigenvalue weighted by Crippen LogP contribution is -2.20. The summed E-state index contributed by atoms with van der Waals surface area (Å²) in [6, 6.07) is 17.5. The third kappa shape index (κ3) is 4.01. The van der Waals surface area contributed by atoms with Gasteiger partial charge in [0.1, 0.15) is 11.6 Å². The molecule has 6 heteroatoms. The number of aromatic amines is 1. The van der Waals surface area contributed by atoms with Crippen molar-refractivity contribution in [2.45, 2.75) is 31.1 Å². The second kappa shape index (κ2) is 7.76. The van der Waals surface area contributed by atoms with Gasteiger partial charge in [0.05, 0.1) is 19.2 Å². The highest BCUT2D eigenvalue weighted by molar-refractivity contribution is 5.91. The normalized spacial score (nSPS) is 18.3. The van der Waals surface area contributed by atoms with Crippen LogP contribution in [0.25, 0.3) is 0 Å². The van der Waals surface area contributed by atoms with Crippen LogP contribution in [0.1, 0.15) is 41.5 Å². The minimum absolute atomic E-state index is 0.0772. The maximum Gasteiger partial charge on any atom is 0.229 e. The van der Waals surface area contributed by atoms with E-state index in [2.05, 4.69) is 27.6 Å². The quantitative estimate of drug-likeness (QED) is 0.570. The molecule has 1 saturated carbocycles. The van der Waals surface area contributed by atoms with E-state index in [1.807, 2.05) is 42.5 Å². The van der Waals surface area contributed by atoms with Crippen LogP contribution in [-0.4, -0.2) is 23.2 Å². The summed E-state index contributed by atoms with van der Waals surface area (Å²) in [4.78, 5) is 12.3. The van der Waals surface area contributed by atoms with Gasteiger partial charge in [0.2, 0.25) is 5.91 Å². The number of nitrogens with zero attached hydrogens (tertiary/aromatic N) is 1. The van der Waals surface area contributed by atoms with Crippen molar-refractivity contribution in [1.29, 1.82) is 0 Å². The highest BCUT2D eigenvalue weighted by atomic mass is 16.5. The summed E-state index contributed by atoms with van der Waals surface area (Å²) in [5.74, 6) is 2.28. The number of nitrogen functional groups attached to an aromatic ring is 1. The molecule has 28 heavy (non-hydrogen) atoms. The number of methoxy groups -OCH3 is 1. The molecular formula is C22H24N4O2. The molecule has 1 aliphatic rings. The van der Waals surface area contributed by atoms with E-state index in [9.17, 15) is 4.79 Å². The van der Waals surface area contributed by atoms with Gasteiger partial charge in [-0.1, -0.05) is 24.3 Å². The van der Waals surface area contributed by atoms with Crippen LogP contribution < -0.4 is 15.8 Å². The van der Waals surface area contributed by atoms with Crippen molar-refractivity contribution in [1.82, 2.24) is 10.2 Å². The molecule has 0 saturated heterocycles. The SMILES string of the molecule is COc1ccc(CC(=O)Nc2cc([C@H]3C[C@@H](c4cccc(N)c4)C3)n[nH]2)cc1. The first kappa shape index (κ1) is 18.1. The van der Waals surface area contributed by atoms with Crippen LogP contribution in [0.4, 0.5) is 11.5 Å². The molecule has 6 nitrogen and oxygen atoms in total. The van der Waals surface area contributed by atoms with E-state index in [0.717, 1.165) is 35.5 Å². The minimum atomic E-state index is -0.0772. The number of nitrogens with one attached hydrogen (secondary N) is 2. The Balaban J connectivity index is 1.30. The van der Waals surface area contributed by atoms with Gasteiger partial charge in [-0.2, -0.15) is 5.10 Å². The standard InChI is InChI=1S/C22H24N4O2/c1-28-19-7-5-14(6-8-19)9-22(27)24-21-13-20(25-26-21)17-10-16(11-17)15-3-2-4-18(23)12-15/h2-8,12-13,16-17H,9-11,23H2,1H3,(H2,24,25,26,27)/t16-,17+. The van der Waals surface area contributed by atoms with Crippen molar-refractivity contribution in [3.8, 4) is 5.75 Å². The van der Waals surface area contributed by atoms with E-state index in [4.69, 9.17) is 10.5 Å². The Bertz CT molecular complexity index is 959. The molecule has 1 fully saturated rings. The van der Waals surface area contributed by atoms with E-state index < -0.39 is 0 Å². The van der Waals surface area contributed by atoms with Crippen molar-refractivity contribution in [2.75, 3.05) is 18.2 Å². The van der Waals surface area contributed by atoms with Gasteiger partial charge in [0, 0.05) is 17.7 Å². The van der Waals surface area contributed by atoms with Crippen molar-refractivity contribution in [3.63, 3.8) is 0 Å². The number of benzene rings is 2. The molecule has 1 heterocycles. The summed E-state index contributed by atoms with van der Waals surface area (Å²) < 4.78 is 5.13. The summed E-state index contributed by atoms with van der Waals surface area (Å²) in [6.45, 7) is 0. The first-order valence-electron chi connectivity index (χ1n) is 9.44. The molecule has 0 spiro atoms. The Kier molecular flexibility index (Phi) is 5.02. The molecule has 4 N–H and O–H groups in total. The Labute approximate surface area is 164 Å². The van der Waals surface area contributed by atoms with Gasteiger partial charge in [0.25, 0.3) is 0 Å². The lowest BCUT2D eigenvalue weighted by Gasteiger charge is -2.34. The Morgan fingerprint density at radius 3 is 2.68 bits per heavy atom. The fraction of sp³-hybridized carbons (Fsp3) is 0.273. The van der Waals surface area contributed by atoms with E-state index >= 15 is 0 Å². The van der Waals surface area contributed by atoms with E-state index in [0.29, 0.717) is 24.1 Å². The average molecular weight is 376 g/mol. The lowest BCUT2D eigenvalue weighted by atomic mass is 9.70. The maximum atomic E-state index is 12.3. The number of ether oxygens (including phenoxy) is 1. The molecule has 2 aromatic carbocycles. The number of carbonyl (C=O) groups is 1. The summed E-state index contributed by atoms with van der Waals surface area (Å²) in [5, 5.41) is 10.2. The number of hydrogen-bond donors (Lipinski definition) is 3.